The molecule has 0 spiro atoms. The van der Waals surface area contributed by atoms with Crippen molar-refractivity contribution in [2.75, 3.05) is 0 Å². The molecule has 0 unspecified atom stereocenters. The Kier molecular flexibility index (Phi) is 14.2. The van der Waals surface area contributed by atoms with Crippen LogP contribution in [0.3, 0.4) is 0 Å². The number of hydrogen-bond acceptors (Lipinski definition) is 5. The standard InChI is InChI=1S/C34H32NOS.C15H28O2.Ir/c1-20(2)15-23-11-12-26(27-13-14-36-32(23)27)28-19-30(35-31-16-21(3)37-33(28)31)24-17-22-9-7-8-10-25(22)29(18-24)34(4,5)6;1-7-14(5,8-2)12(16)11-13(17)15(6,9-3)10-4;/h7-14,16,18-20H,15H2,1-6H3;11,16H,7-10H2,1-6H3;/q-1;;/b;12-11-;. The van der Waals surface area contributed by atoms with Gasteiger partial charge in [-0.2, -0.15) is 0 Å². The van der Waals surface area contributed by atoms with Gasteiger partial charge < -0.3 is 9.52 Å². The Morgan fingerprint density at radius 2 is 1.53 bits per heavy atom. The number of fused-ring (bicyclic) bond motifs is 3. The van der Waals surface area contributed by atoms with Gasteiger partial charge in [0.2, 0.25) is 0 Å². The van der Waals surface area contributed by atoms with Crippen LogP contribution in [0.5, 0.6) is 0 Å². The molecule has 0 amide bonds. The number of carbonyl (C=O) groups excluding carboxylic acids is 1. The molecule has 0 saturated carbocycles. The summed E-state index contributed by atoms with van der Waals surface area (Å²) in [5, 5.41) is 13.7. The first kappa shape index (κ1) is 44.1. The van der Waals surface area contributed by atoms with Crippen molar-refractivity contribution in [1.29, 1.82) is 0 Å². The molecule has 55 heavy (non-hydrogen) atoms. The summed E-state index contributed by atoms with van der Waals surface area (Å²) in [6.07, 6.45) is 7.58. The van der Waals surface area contributed by atoms with E-state index in [-0.39, 0.29) is 47.9 Å². The van der Waals surface area contributed by atoms with Gasteiger partial charge in [-0.3, -0.25) is 9.78 Å². The SMILES string of the molecule is CCC(C)(CC)C(=O)/C=C(\O)C(C)(CC)CC.Cc1cc2nc(-c3[c-]c4ccccc4c(C(C)(C)C)c3)cc(-c3ccc(CC(C)C)c4occc34)c2s1.[Ir]. The molecule has 1 N–H and O–H groups in total. The molecule has 0 aliphatic rings. The minimum Gasteiger partial charge on any atom is -0.512 e. The molecule has 3 heterocycles. The number of rotatable bonds is 11. The van der Waals surface area contributed by atoms with Crippen LogP contribution in [0.1, 0.15) is 118 Å². The van der Waals surface area contributed by atoms with E-state index in [9.17, 15) is 9.90 Å². The first-order valence-corrected chi connectivity index (χ1v) is 20.6. The molecule has 0 atom stereocenters. The van der Waals surface area contributed by atoms with Crippen LogP contribution in [0.2, 0.25) is 0 Å². The number of thiophene rings is 1. The van der Waals surface area contributed by atoms with Crippen molar-refractivity contribution in [1.82, 2.24) is 4.98 Å². The number of hydrogen-bond donors (Lipinski definition) is 1. The smallest absolute Gasteiger partial charge is 0.164 e. The third-order valence-corrected chi connectivity index (χ3v) is 12.8. The molecular formula is C49H60IrNO3S-. The van der Waals surface area contributed by atoms with Gasteiger partial charge in [0, 0.05) is 53.0 Å². The van der Waals surface area contributed by atoms with Crippen LogP contribution in [-0.2, 0) is 36.7 Å². The van der Waals surface area contributed by atoms with Crippen LogP contribution in [0, 0.1) is 29.7 Å². The molecule has 1 radical (unpaired) electrons. The Bertz CT molecular complexity index is 2290. The summed E-state index contributed by atoms with van der Waals surface area (Å²) in [6, 6.07) is 25.6. The number of aliphatic hydroxyl groups excluding tert-OH is 1. The van der Waals surface area contributed by atoms with E-state index < -0.39 is 0 Å². The average Bonchev–Trinajstić information content (AvgIpc) is 3.80. The van der Waals surface area contributed by atoms with E-state index in [0.29, 0.717) is 5.92 Å². The van der Waals surface area contributed by atoms with Crippen LogP contribution in [0.25, 0.3) is 54.3 Å². The Labute approximate surface area is 347 Å². The number of aryl methyl sites for hydroxylation is 1. The number of carbonyl (C=O) groups is 1. The molecular weight excluding hydrogens is 875 g/mol. The topological polar surface area (TPSA) is 63.3 Å². The zero-order valence-electron chi connectivity index (χ0n) is 35.0. The summed E-state index contributed by atoms with van der Waals surface area (Å²) >= 11 is 1.81. The van der Waals surface area contributed by atoms with Crippen LogP contribution in [0.15, 0.2) is 83.2 Å². The van der Waals surface area contributed by atoms with Gasteiger partial charge in [0.05, 0.1) is 16.5 Å². The fourth-order valence-corrected chi connectivity index (χ4v) is 8.09. The molecule has 0 aliphatic heterocycles. The summed E-state index contributed by atoms with van der Waals surface area (Å²) in [5.74, 6) is 0.854. The molecule has 295 valence electrons. The van der Waals surface area contributed by atoms with Gasteiger partial charge in [0.1, 0.15) is 11.3 Å². The van der Waals surface area contributed by atoms with Gasteiger partial charge in [0.15, 0.2) is 5.78 Å². The van der Waals surface area contributed by atoms with Crippen molar-refractivity contribution in [2.45, 2.75) is 121 Å². The summed E-state index contributed by atoms with van der Waals surface area (Å²) in [5.41, 5.74) is 8.42. The van der Waals surface area contributed by atoms with Gasteiger partial charge in [-0.25, -0.2) is 0 Å². The summed E-state index contributed by atoms with van der Waals surface area (Å²) in [6.45, 7) is 25.6. The predicted molar refractivity (Wildman–Crippen MR) is 232 cm³/mol. The Hall–Kier alpha value is -3.57. The zero-order chi connectivity index (χ0) is 39.6. The molecule has 6 aromatic rings. The number of allylic oxidation sites excluding steroid dienone is 2. The Morgan fingerprint density at radius 3 is 2.15 bits per heavy atom. The first-order valence-electron chi connectivity index (χ1n) is 19.8. The predicted octanol–water partition coefficient (Wildman–Crippen LogP) is 14.8. The van der Waals surface area contributed by atoms with Crippen molar-refractivity contribution in [3.05, 3.63) is 101 Å². The minimum absolute atomic E-state index is 0. The number of aromatic nitrogens is 1. The average molecular weight is 935 g/mol. The van der Waals surface area contributed by atoms with Gasteiger partial charge in [-0.1, -0.05) is 124 Å². The molecule has 3 aromatic carbocycles. The normalized spacial score (nSPS) is 12.6. The Morgan fingerprint density at radius 1 is 0.873 bits per heavy atom. The van der Waals surface area contributed by atoms with Crippen LogP contribution in [0.4, 0.5) is 0 Å². The second kappa shape index (κ2) is 17.7. The van der Waals surface area contributed by atoms with E-state index in [2.05, 4.69) is 108 Å². The maximum atomic E-state index is 12.2. The van der Waals surface area contributed by atoms with Gasteiger partial charge in [-0.05, 0) is 79.2 Å². The summed E-state index contributed by atoms with van der Waals surface area (Å²) in [4.78, 5) is 18.6. The molecule has 6 rings (SSSR count). The van der Waals surface area contributed by atoms with Crippen molar-refractivity contribution < 1.29 is 34.4 Å². The fourth-order valence-electron chi connectivity index (χ4n) is 7.11. The van der Waals surface area contributed by atoms with Gasteiger partial charge in [-0.15, -0.1) is 40.5 Å². The van der Waals surface area contributed by atoms with Crippen molar-refractivity contribution in [2.24, 2.45) is 16.7 Å². The molecule has 4 nitrogen and oxygen atoms in total. The van der Waals surface area contributed by atoms with E-state index in [1.165, 1.54) is 48.7 Å². The maximum absolute atomic E-state index is 12.2. The number of aliphatic hydroxyl groups is 1. The van der Waals surface area contributed by atoms with Gasteiger partial charge >= 0.3 is 0 Å². The fraction of sp³-hybridized carbons (Fsp3) is 0.429. The monoisotopic (exact) mass is 935 g/mol. The van der Waals surface area contributed by atoms with E-state index in [1.54, 1.807) is 0 Å². The van der Waals surface area contributed by atoms with Gasteiger partial charge in [0.25, 0.3) is 0 Å². The van der Waals surface area contributed by atoms with Crippen LogP contribution >= 0.6 is 11.3 Å². The Balaban J connectivity index is 0.000000320. The second-order valence-electron chi connectivity index (χ2n) is 17.0. The van der Waals surface area contributed by atoms with Crippen LogP contribution in [-0.4, -0.2) is 15.9 Å². The van der Waals surface area contributed by atoms with Crippen LogP contribution < -0.4 is 0 Å². The first-order chi connectivity index (χ1) is 25.5. The minimum atomic E-state index is -0.337. The number of furan rings is 1. The number of pyridine rings is 1. The maximum Gasteiger partial charge on any atom is 0.164 e. The summed E-state index contributed by atoms with van der Waals surface area (Å²) in [7, 11) is 0. The van der Waals surface area contributed by atoms with Crippen molar-refractivity contribution >= 4 is 49.1 Å². The second-order valence-corrected chi connectivity index (χ2v) is 18.2. The van der Waals surface area contributed by atoms with Crippen molar-refractivity contribution in [3.8, 4) is 22.4 Å². The summed E-state index contributed by atoms with van der Waals surface area (Å²) < 4.78 is 7.25. The largest absolute Gasteiger partial charge is 0.512 e. The number of ketones is 1. The molecule has 0 bridgehead atoms. The van der Waals surface area contributed by atoms with E-state index in [1.807, 2.05) is 59.1 Å². The molecule has 0 fully saturated rings. The zero-order valence-corrected chi connectivity index (χ0v) is 38.2. The van der Waals surface area contributed by atoms with E-state index in [0.717, 1.165) is 59.8 Å². The van der Waals surface area contributed by atoms with Crippen molar-refractivity contribution in [3.63, 3.8) is 0 Å². The molecule has 0 saturated heterocycles. The van der Waals surface area contributed by atoms with E-state index >= 15 is 0 Å². The van der Waals surface area contributed by atoms with E-state index in [4.69, 9.17) is 9.40 Å². The third kappa shape index (κ3) is 9.36. The number of benzene rings is 3. The molecule has 0 aliphatic carbocycles. The molecule has 6 heteroatoms. The quantitative estimate of drug-likeness (QED) is 0.0799. The third-order valence-electron chi connectivity index (χ3n) is 11.7. The molecule has 3 aromatic heterocycles. The number of nitrogens with zero attached hydrogens (tertiary/aromatic N) is 1.